The van der Waals surface area contributed by atoms with E-state index in [1.165, 1.54) is 0 Å². The van der Waals surface area contributed by atoms with E-state index in [0.717, 1.165) is 16.3 Å². The van der Waals surface area contributed by atoms with E-state index in [1.807, 2.05) is 30.3 Å². The van der Waals surface area contributed by atoms with Crippen molar-refractivity contribution in [2.45, 2.75) is 6.23 Å². The Hall–Kier alpha value is -3.05. The second-order valence-corrected chi connectivity index (χ2v) is 5.87. The number of phenolic OH excluding ortho intramolecular Hbond substituents is 1. The number of fused-ring (bicyclic) bond motifs is 2. The Labute approximate surface area is 145 Å². The zero-order valence-electron chi connectivity index (χ0n) is 13.9. The fraction of sp³-hybridized carbons (Fsp3) is 0.150. The number of nitrogens with zero attached hydrogens (tertiary/aromatic N) is 1. The fourth-order valence-electron chi connectivity index (χ4n) is 3.44. The van der Waals surface area contributed by atoms with Gasteiger partial charge in [0.05, 0.1) is 23.9 Å². The number of carbonyl (C=O) groups is 1. The van der Waals surface area contributed by atoms with Crippen LogP contribution in [0.15, 0.2) is 54.6 Å². The molecule has 0 fully saturated rings. The molecule has 0 aliphatic carbocycles. The van der Waals surface area contributed by atoms with Gasteiger partial charge in [-0.1, -0.05) is 24.3 Å². The van der Waals surface area contributed by atoms with E-state index in [2.05, 4.69) is 0 Å². The first-order valence-electron chi connectivity index (χ1n) is 7.90. The van der Waals surface area contributed by atoms with Gasteiger partial charge in [0, 0.05) is 12.5 Å². The van der Waals surface area contributed by atoms with Gasteiger partial charge >= 0.3 is 0 Å². The third-order valence-electron chi connectivity index (χ3n) is 4.54. The number of methoxy groups -OCH3 is 2. The number of anilines is 1. The summed E-state index contributed by atoms with van der Waals surface area (Å²) >= 11 is 0. The van der Waals surface area contributed by atoms with Crippen LogP contribution in [-0.4, -0.2) is 25.2 Å². The predicted molar refractivity (Wildman–Crippen MR) is 95.2 cm³/mol. The second-order valence-electron chi connectivity index (χ2n) is 5.87. The first kappa shape index (κ1) is 15.5. The van der Waals surface area contributed by atoms with E-state index >= 15 is 0 Å². The van der Waals surface area contributed by atoms with Gasteiger partial charge in [-0.3, -0.25) is 9.69 Å². The third-order valence-corrected chi connectivity index (χ3v) is 4.54. The number of aromatic hydroxyl groups is 1. The SMILES string of the molecule is COc1cccc2c1C(OC)N(c1cccc3ccc(O)cc13)C2=O. The van der Waals surface area contributed by atoms with Crippen LogP contribution in [0.25, 0.3) is 10.8 Å². The Morgan fingerprint density at radius 2 is 1.84 bits per heavy atom. The molecule has 0 spiro atoms. The van der Waals surface area contributed by atoms with Crippen molar-refractivity contribution in [2.24, 2.45) is 0 Å². The number of hydrogen-bond donors (Lipinski definition) is 1. The number of amides is 1. The highest BCUT2D eigenvalue weighted by Crippen LogP contribution is 2.44. The van der Waals surface area contributed by atoms with Crippen LogP contribution in [0.3, 0.4) is 0 Å². The van der Waals surface area contributed by atoms with E-state index in [-0.39, 0.29) is 11.7 Å². The Kier molecular flexibility index (Phi) is 3.58. The maximum Gasteiger partial charge on any atom is 0.261 e. The van der Waals surface area contributed by atoms with E-state index in [0.29, 0.717) is 17.0 Å². The molecule has 0 aromatic heterocycles. The molecule has 25 heavy (non-hydrogen) atoms. The molecule has 0 saturated carbocycles. The lowest BCUT2D eigenvalue weighted by atomic mass is 10.1. The lowest BCUT2D eigenvalue weighted by Gasteiger charge is -2.26. The minimum absolute atomic E-state index is 0.149. The van der Waals surface area contributed by atoms with E-state index in [1.54, 1.807) is 43.4 Å². The van der Waals surface area contributed by atoms with Crippen molar-refractivity contribution in [1.29, 1.82) is 0 Å². The molecular weight excluding hydrogens is 318 g/mol. The minimum Gasteiger partial charge on any atom is -0.508 e. The molecule has 5 nitrogen and oxygen atoms in total. The van der Waals surface area contributed by atoms with Gasteiger partial charge in [0.15, 0.2) is 6.23 Å². The van der Waals surface area contributed by atoms with E-state index in [4.69, 9.17) is 9.47 Å². The van der Waals surface area contributed by atoms with Gasteiger partial charge in [0.1, 0.15) is 11.5 Å². The van der Waals surface area contributed by atoms with Gasteiger partial charge in [-0.25, -0.2) is 0 Å². The summed E-state index contributed by atoms with van der Waals surface area (Å²) in [7, 11) is 3.14. The highest BCUT2D eigenvalue weighted by atomic mass is 16.5. The van der Waals surface area contributed by atoms with Gasteiger partial charge in [-0.05, 0) is 35.7 Å². The van der Waals surface area contributed by atoms with Gasteiger partial charge in [0.25, 0.3) is 5.91 Å². The molecule has 0 bridgehead atoms. The largest absolute Gasteiger partial charge is 0.508 e. The monoisotopic (exact) mass is 335 g/mol. The normalized spacial score (nSPS) is 16.3. The molecule has 3 aromatic rings. The van der Waals surface area contributed by atoms with Crippen molar-refractivity contribution < 1.29 is 19.4 Å². The molecule has 1 aliphatic rings. The van der Waals surface area contributed by atoms with Crippen LogP contribution in [0.4, 0.5) is 5.69 Å². The molecule has 0 radical (unpaired) electrons. The highest BCUT2D eigenvalue weighted by Gasteiger charge is 2.40. The summed E-state index contributed by atoms with van der Waals surface area (Å²) in [4.78, 5) is 14.7. The van der Waals surface area contributed by atoms with E-state index in [9.17, 15) is 9.90 Å². The molecule has 1 amide bonds. The molecule has 1 N–H and O–H groups in total. The van der Waals surface area contributed by atoms with Crippen LogP contribution in [0, 0.1) is 0 Å². The Morgan fingerprint density at radius 3 is 2.60 bits per heavy atom. The first-order valence-corrected chi connectivity index (χ1v) is 7.90. The maximum atomic E-state index is 13.1. The van der Waals surface area contributed by atoms with Crippen LogP contribution >= 0.6 is 0 Å². The third kappa shape index (κ3) is 2.24. The van der Waals surface area contributed by atoms with Crippen molar-refractivity contribution in [2.75, 3.05) is 19.1 Å². The summed E-state index contributed by atoms with van der Waals surface area (Å²) in [6, 6.07) is 16.2. The first-order chi connectivity index (χ1) is 12.2. The number of hydrogen-bond acceptors (Lipinski definition) is 4. The number of carbonyl (C=O) groups excluding carboxylic acids is 1. The van der Waals surface area contributed by atoms with Crippen LogP contribution < -0.4 is 9.64 Å². The Balaban J connectivity index is 1.95. The minimum atomic E-state index is -0.591. The summed E-state index contributed by atoms with van der Waals surface area (Å²) in [5.41, 5.74) is 1.96. The Morgan fingerprint density at radius 1 is 1.04 bits per heavy atom. The highest BCUT2D eigenvalue weighted by molar-refractivity contribution is 6.15. The molecule has 5 heteroatoms. The fourth-order valence-corrected chi connectivity index (χ4v) is 3.44. The van der Waals surface area contributed by atoms with Gasteiger partial charge in [0.2, 0.25) is 0 Å². The molecular formula is C20H17NO4. The van der Waals surface area contributed by atoms with Crippen molar-refractivity contribution >= 4 is 22.4 Å². The second kappa shape index (κ2) is 5.79. The van der Waals surface area contributed by atoms with Crippen molar-refractivity contribution in [1.82, 2.24) is 0 Å². The van der Waals surface area contributed by atoms with Gasteiger partial charge in [-0.2, -0.15) is 0 Å². The molecule has 1 atom stereocenters. The average Bonchev–Trinajstić information content (AvgIpc) is 2.93. The van der Waals surface area contributed by atoms with Crippen molar-refractivity contribution in [3.63, 3.8) is 0 Å². The molecule has 1 aliphatic heterocycles. The van der Waals surface area contributed by atoms with Gasteiger partial charge < -0.3 is 14.6 Å². The smallest absolute Gasteiger partial charge is 0.261 e. The maximum absolute atomic E-state index is 13.1. The zero-order valence-corrected chi connectivity index (χ0v) is 13.9. The van der Waals surface area contributed by atoms with Crippen LogP contribution in [-0.2, 0) is 4.74 Å². The number of rotatable bonds is 3. The molecule has 3 aromatic carbocycles. The summed E-state index contributed by atoms with van der Waals surface area (Å²) in [6.07, 6.45) is -0.591. The number of phenols is 1. The molecule has 126 valence electrons. The predicted octanol–water partition coefficient (Wildman–Crippen LogP) is 3.86. The molecule has 0 saturated heterocycles. The van der Waals surface area contributed by atoms with Crippen LogP contribution in [0.2, 0.25) is 0 Å². The Bertz CT molecular complexity index is 983. The summed E-state index contributed by atoms with van der Waals surface area (Å²) in [6.45, 7) is 0. The van der Waals surface area contributed by atoms with Crippen molar-refractivity contribution in [3.05, 3.63) is 65.7 Å². The van der Waals surface area contributed by atoms with Gasteiger partial charge in [-0.15, -0.1) is 0 Å². The molecule has 1 heterocycles. The van der Waals surface area contributed by atoms with Crippen LogP contribution in [0.1, 0.15) is 22.1 Å². The summed E-state index contributed by atoms with van der Waals surface area (Å²) in [5.74, 6) is 0.607. The number of benzene rings is 3. The topological polar surface area (TPSA) is 59.0 Å². The average molecular weight is 335 g/mol. The molecule has 4 rings (SSSR count). The lowest BCUT2D eigenvalue weighted by molar-refractivity contribution is 0.0818. The summed E-state index contributed by atoms with van der Waals surface area (Å²) in [5, 5.41) is 11.6. The molecule has 1 unspecified atom stereocenters. The lowest BCUT2D eigenvalue weighted by Crippen LogP contribution is -2.29. The van der Waals surface area contributed by atoms with Crippen LogP contribution in [0.5, 0.6) is 11.5 Å². The summed E-state index contributed by atoms with van der Waals surface area (Å²) < 4.78 is 11.1. The standard InChI is InChI=1S/C20H17NO4/c1-24-17-8-4-6-14-18(17)20(25-2)21(19(14)23)16-7-3-5-12-9-10-13(22)11-15(12)16/h3-11,20,22H,1-2H3. The number of ether oxygens (including phenoxy) is 2. The van der Waals surface area contributed by atoms with E-state index < -0.39 is 6.23 Å². The quantitative estimate of drug-likeness (QED) is 0.789. The van der Waals surface area contributed by atoms with Crippen molar-refractivity contribution in [3.8, 4) is 11.5 Å². The zero-order chi connectivity index (χ0) is 17.6.